The Kier molecular flexibility index (Phi) is 4.33. The number of benzene rings is 1. The van der Waals surface area contributed by atoms with Crippen LogP contribution in [0.5, 0.6) is 0 Å². The second-order valence-corrected chi connectivity index (χ2v) is 5.59. The molecule has 0 radical (unpaired) electrons. The van der Waals surface area contributed by atoms with E-state index in [-0.39, 0.29) is 0 Å². The van der Waals surface area contributed by atoms with Crippen molar-refractivity contribution in [2.75, 3.05) is 6.54 Å². The second kappa shape index (κ2) is 5.79. The molecule has 0 bridgehead atoms. The van der Waals surface area contributed by atoms with Crippen LogP contribution >= 0.6 is 0 Å². The van der Waals surface area contributed by atoms with E-state index in [0.29, 0.717) is 11.8 Å². The molecule has 18 heavy (non-hydrogen) atoms. The van der Waals surface area contributed by atoms with Crippen molar-refractivity contribution in [3.63, 3.8) is 0 Å². The number of hydrogen-bond donors (Lipinski definition) is 1. The summed E-state index contributed by atoms with van der Waals surface area (Å²) in [6.45, 7) is 5.38. The average molecular weight is 253 g/mol. The first-order valence-electron chi connectivity index (χ1n) is 6.73. The maximum Gasteiger partial charge on any atom is 0.159 e. The Hall–Kier alpha value is -0.960. The van der Waals surface area contributed by atoms with Crippen molar-refractivity contribution in [1.29, 1.82) is 0 Å². The van der Waals surface area contributed by atoms with Gasteiger partial charge in [-0.25, -0.2) is 8.78 Å². The Morgan fingerprint density at radius 1 is 1.17 bits per heavy atom. The summed E-state index contributed by atoms with van der Waals surface area (Å²) in [6.07, 6.45) is 3.39. The molecule has 0 amide bonds. The fourth-order valence-corrected chi connectivity index (χ4v) is 2.08. The Bertz CT molecular complexity index is 401. The molecule has 2 rings (SSSR count). The monoisotopic (exact) mass is 253 g/mol. The highest BCUT2D eigenvalue weighted by atomic mass is 19.2. The molecule has 1 fully saturated rings. The molecule has 1 aromatic rings. The van der Waals surface area contributed by atoms with Gasteiger partial charge in [-0.2, -0.15) is 0 Å². The highest BCUT2D eigenvalue weighted by Crippen LogP contribution is 2.22. The first-order chi connectivity index (χ1) is 8.56. The third-order valence-electron chi connectivity index (χ3n) is 3.82. The zero-order valence-corrected chi connectivity index (χ0v) is 11.0. The Balaban J connectivity index is 1.84. The van der Waals surface area contributed by atoms with E-state index in [1.165, 1.54) is 25.0 Å². The van der Waals surface area contributed by atoms with Crippen molar-refractivity contribution in [3.05, 3.63) is 35.4 Å². The summed E-state index contributed by atoms with van der Waals surface area (Å²) in [4.78, 5) is 0. The lowest BCUT2D eigenvalue weighted by atomic mass is 9.89. The van der Waals surface area contributed by atoms with Crippen LogP contribution in [0, 0.1) is 23.5 Å². The molecule has 0 aromatic heterocycles. The fraction of sp³-hybridized carbons (Fsp3) is 0.600. The van der Waals surface area contributed by atoms with Gasteiger partial charge >= 0.3 is 0 Å². The maximum absolute atomic E-state index is 13.1. The molecule has 100 valence electrons. The zero-order chi connectivity index (χ0) is 13.1. The fourth-order valence-electron chi connectivity index (χ4n) is 2.08. The van der Waals surface area contributed by atoms with E-state index in [9.17, 15) is 8.78 Å². The lowest BCUT2D eigenvalue weighted by molar-refractivity contribution is 0.363. The van der Waals surface area contributed by atoms with Crippen molar-refractivity contribution in [2.24, 2.45) is 11.8 Å². The summed E-state index contributed by atoms with van der Waals surface area (Å²) in [5.41, 5.74) is 0.875. The lowest BCUT2D eigenvalue weighted by Gasteiger charge is -2.20. The molecule has 1 aromatic carbocycles. The number of nitrogens with one attached hydrogen (secondary N) is 1. The standard InChI is InChI=1S/C15H21F2N/c1-10(11(2)9-18-13-4-5-13)7-12-3-6-14(16)15(17)8-12/h3,6,8,10-11,13,18H,4-5,7,9H2,1-2H3. The van der Waals surface area contributed by atoms with Crippen LogP contribution in [-0.2, 0) is 6.42 Å². The van der Waals surface area contributed by atoms with Crippen LogP contribution in [-0.4, -0.2) is 12.6 Å². The second-order valence-electron chi connectivity index (χ2n) is 5.59. The normalized spacial score (nSPS) is 18.7. The van der Waals surface area contributed by atoms with Gasteiger partial charge in [0.1, 0.15) is 0 Å². The third kappa shape index (κ3) is 3.77. The van der Waals surface area contributed by atoms with Crippen LogP contribution in [0.4, 0.5) is 8.78 Å². The van der Waals surface area contributed by atoms with Crippen LogP contribution in [0.25, 0.3) is 0 Å². The first kappa shape index (κ1) is 13.5. The van der Waals surface area contributed by atoms with Gasteiger partial charge in [-0.05, 0) is 55.3 Å². The molecular formula is C15H21F2N. The predicted octanol–water partition coefficient (Wildman–Crippen LogP) is 3.53. The van der Waals surface area contributed by atoms with Crippen molar-refractivity contribution in [1.82, 2.24) is 5.32 Å². The van der Waals surface area contributed by atoms with E-state index < -0.39 is 11.6 Å². The predicted molar refractivity (Wildman–Crippen MR) is 69.4 cm³/mol. The van der Waals surface area contributed by atoms with Crippen LogP contribution in [0.1, 0.15) is 32.3 Å². The number of halogens is 2. The maximum atomic E-state index is 13.1. The van der Waals surface area contributed by atoms with Gasteiger partial charge in [-0.3, -0.25) is 0 Å². The van der Waals surface area contributed by atoms with Crippen LogP contribution < -0.4 is 5.32 Å². The molecule has 1 aliphatic carbocycles. The molecule has 1 saturated carbocycles. The minimum absolute atomic E-state index is 0.459. The first-order valence-corrected chi connectivity index (χ1v) is 6.73. The van der Waals surface area contributed by atoms with Crippen LogP contribution in [0.2, 0.25) is 0 Å². The molecule has 0 heterocycles. The molecule has 1 nitrogen and oxygen atoms in total. The molecular weight excluding hydrogens is 232 g/mol. The van der Waals surface area contributed by atoms with Gasteiger partial charge in [0.15, 0.2) is 11.6 Å². The van der Waals surface area contributed by atoms with E-state index in [4.69, 9.17) is 0 Å². The summed E-state index contributed by atoms with van der Waals surface area (Å²) in [5, 5.41) is 3.51. The van der Waals surface area contributed by atoms with Crippen molar-refractivity contribution < 1.29 is 8.78 Å². The van der Waals surface area contributed by atoms with Gasteiger partial charge in [-0.15, -0.1) is 0 Å². The van der Waals surface area contributed by atoms with E-state index in [1.54, 1.807) is 6.07 Å². The van der Waals surface area contributed by atoms with E-state index in [1.807, 2.05) is 0 Å². The Morgan fingerprint density at radius 2 is 1.89 bits per heavy atom. The highest BCUT2D eigenvalue weighted by Gasteiger charge is 2.22. The molecule has 0 saturated heterocycles. The highest BCUT2D eigenvalue weighted by molar-refractivity contribution is 5.18. The number of hydrogen-bond acceptors (Lipinski definition) is 1. The molecule has 1 aliphatic rings. The van der Waals surface area contributed by atoms with E-state index in [2.05, 4.69) is 19.2 Å². The van der Waals surface area contributed by atoms with Gasteiger partial charge in [0.25, 0.3) is 0 Å². The minimum atomic E-state index is -0.769. The van der Waals surface area contributed by atoms with Crippen molar-refractivity contribution in [2.45, 2.75) is 39.2 Å². The van der Waals surface area contributed by atoms with Gasteiger partial charge < -0.3 is 5.32 Å². The lowest BCUT2D eigenvalue weighted by Crippen LogP contribution is -2.27. The van der Waals surface area contributed by atoms with E-state index in [0.717, 1.165) is 24.6 Å². The smallest absolute Gasteiger partial charge is 0.159 e. The van der Waals surface area contributed by atoms with Gasteiger partial charge in [0.2, 0.25) is 0 Å². The minimum Gasteiger partial charge on any atom is -0.314 e. The quantitative estimate of drug-likeness (QED) is 0.817. The molecule has 2 unspecified atom stereocenters. The number of rotatable bonds is 6. The largest absolute Gasteiger partial charge is 0.314 e. The Morgan fingerprint density at radius 3 is 2.50 bits per heavy atom. The Labute approximate surface area is 108 Å². The molecule has 1 N–H and O–H groups in total. The van der Waals surface area contributed by atoms with Gasteiger partial charge in [-0.1, -0.05) is 19.9 Å². The molecule has 2 atom stereocenters. The van der Waals surface area contributed by atoms with Crippen molar-refractivity contribution >= 4 is 0 Å². The van der Waals surface area contributed by atoms with Crippen LogP contribution in [0.3, 0.4) is 0 Å². The summed E-state index contributed by atoms with van der Waals surface area (Å²) in [5.74, 6) is -0.516. The average Bonchev–Trinajstić information content (AvgIpc) is 3.14. The summed E-state index contributed by atoms with van der Waals surface area (Å²) < 4.78 is 25.9. The molecule has 0 spiro atoms. The van der Waals surface area contributed by atoms with Gasteiger partial charge in [0.05, 0.1) is 0 Å². The van der Waals surface area contributed by atoms with Gasteiger partial charge in [0, 0.05) is 6.04 Å². The summed E-state index contributed by atoms with van der Waals surface area (Å²) in [7, 11) is 0. The summed E-state index contributed by atoms with van der Waals surface area (Å²) in [6, 6.07) is 4.93. The SMILES string of the molecule is CC(CNC1CC1)C(C)Cc1ccc(F)c(F)c1. The summed E-state index contributed by atoms with van der Waals surface area (Å²) >= 11 is 0. The molecule has 0 aliphatic heterocycles. The molecule has 3 heteroatoms. The topological polar surface area (TPSA) is 12.0 Å². The van der Waals surface area contributed by atoms with Crippen molar-refractivity contribution in [3.8, 4) is 0 Å². The van der Waals surface area contributed by atoms with Crippen LogP contribution in [0.15, 0.2) is 18.2 Å². The zero-order valence-electron chi connectivity index (χ0n) is 11.0. The van der Waals surface area contributed by atoms with E-state index >= 15 is 0 Å². The third-order valence-corrected chi connectivity index (χ3v) is 3.82.